The number of nitrogens with zero attached hydrogens (tertiary/aromatic N) is 2. The number of carbonyl (C=O) groups excluding carboxylic acids is 2. The van der Waals surface area contributed by atoms with Gasteiger partial charge in [0.1, 0.15) is 18.1 Å². The van der Waals surface area contributed by atoms with Gasteiger partial charge in [0.25, 0.3) is 11.7 Å². The number of aliphatic hydroxyl groups is 1. The largest absolute Gasteiger partial charge is 0.507 e. The van der Waals surface area contributed by atoms with Gasteiger partial charge in [-0.2, -0.15) is 0 Å². The number of carbonyl (C=O) groups is 2. The molecule has 1 fully saturated rings. The first kappa shape index (κ1) is 23.2. The average Bonchev–Trinajstić information content (AvgIpc) is 3.11. The van der Waals surface area contributed by atoms with Crippen molar-refractivity contribution in [3.8, 4) is 5.75 Å². The molecule has 34 heavy (non-hydrogen) atoms. The quantitative estimate of drug-likeness (QED) is 0.311. The molecule has 3 aromatic rings. The average molecular weight is 459 g/mol. The maximum Gasteiger partial charge on any atom is 0.295 e. The van der Waals surface area contributed by atoms with E-state index in [1.54, 1.807) is 48.8 Å². The van der Waals surface area contributed by atoms with Crippen molar-refractivity contribution in [3.05, 3.63) is 101 Å². The van der Waals surface area contributed by atoms with Gasteiger partial charge in [0.05, 0.1) is 18.2 Å². The molecule has 2 heterocycles. The highest BCUT2D eigenvalue weighted by Gasteiger charge is 2.45. The maximum atomic E-state index is 12.9. The molecule has 1 unspecified atom stereocenters. The van der Waals surface area contributed by atoms with Crippen molar-refractivity contribution in [2.24, 2.45) is 0 Å². The molecule has 1 aromatic heterocycles. The Hall–Kier alpha value is -3.97. The van der Waals surface area contributed by atoms with E-state index in [9.17, 15) is 14.7 Å². The highest BCUT2D eigenvalue weighted by molar-refractivity contribution is 6.46. The van der Waals surface area contributed by atoms with Crippen molar-refractivity contribution in [3.63, 3.8) is 0 Å². The van der Waals surface area contributed by atoms with Crippen LogP contribution in [-0.2, 0) is 20.9 Å². The minimum atomic E-state index is -0.749. The van der Waals surface area contributed by atoms with E-state index < -0.39 is 17.7 Å². The number of hydrogen-bond donors (Lipinski definition) is 1. The van der Waals surface area contributed by atoms with Crippen LogP contribution in [0.5, 0.6) is 5.75 Å². The van der Waals surface area contributed by atoms with Crippen LogP contribution in [-0.4, -0.2) is 46.9 Å². The molecule has 1 saturated heterocycles. The molecule has 4 rings (SSSR count). The standard InChI is InChI=1S/C27H26N2O5/c1-18-5-3-6-19(15-18)17-34-22-10-8-20(9-11-22)25(30)23-24(21-7-4-12-28-16-21)29(13-14-33-2)27(32)26(23)31/h3-12,15-16,24,30H,13-14,17H2,1-2H3. The van der Waals surface area contributed by atoms with Gasteiger partial charge in [0.2, 0.25) is 0 Å². The zero-order valence-corrected chi connectivity index (χ0v) is 19.1. The summed E-state index contributed by atoms with van der Waals surface area (Å²) in [6.07, 6.45) is 3.20. The third-order valence-corrected chi connectivity index (χ3v) is 5.69. The van der Waals surface area contributed by atoms with Crippen molar-refractivity contribution in [2.75, 3.05) is 20.3 Å². The summed E-state index contributed by atoms with van der Waals surface area (Å²) < 4.78 is 11.0. The predicted octanol–water partition coefficient (Wildman–Crippen LogP) is 4.04. The van der Waals surface area contributed by atoms with Crippen molar-refractivity contribution in [1.82, 2.24) is 9.88 Å². The molecule has 2 aromatic carbocycles. The van der Waals surface area contributed by atoms with Crippen molar-refractivity contribution in [2.45, 2.75) is 19.6 Å². The van der Waals surface area contributed by atoms with Crippen LogP contribution in [0.25, 0.3) is 5.76 Å². The monoisotopic (exact) mass is 458 g/mol. The molecule has 1 aliphatic heterocycles. The number of Topliss-reactive ketones (excluding diaryl/α,β-unsaturated/α-hetero) is 1. The Balaban J connectivity index is 1.62. The molecule has 1 atom stereocenters. The fourth-order valence-electron chi connectivity index (χ4n) is 4.02. The van der Waals surface area contributed by atoms with Crippen molar-refractivity contribution in [1.29, 1.82) is 0 Å². The van der Waals surface area contributed by atoms with Crippen LogP contribution in [0.2, 0.25) is 0 Å². The van der Waals surface area contributed by atoms with Crippen LogP contribution < -0.4 is 4.74 Å². The lowest BCUT2D eigenvalue weighted by atomic mass is 9.96. The minimum absolute atomic E-state index is 0.0301. The lowest BCUT2D eigenvalue weighted by Gasteiger charge is -2.24. The second-order valence-corrected chi connectivity index (χ2v) is 8.07. The summed E-state index contributed by atoms with van der Waals surface area (Å²) in [7, 11) is 1.53. The summed E-state index contributed by atoms with van der Waals surface area (Å²) >= 11 is 0. The van der Waals surface area contributed by atoms with E-state index in [-0.39, 0.29) is 24.5 Å². The zero-order chi connectivity index (χ0) is 24.1. The van der Waals surface area contributed by atoms with Gasteiger partial charge in [-0.3, -0.25) is 14.6 Å². The predicted molar refractivity (Wildman–Crippen MR) is 127 cm³/mol. The Kier molecular flexibility index (Phi) is 7.04. The van der Waals surface area contributed by atoms with Crippen molar-refractivity contribution >= 4 is 17.4 Å². The molecule has 0 saturated carbocycles. The van der Waals surface area contributed by atoms with Gasteiger partial charge in [-0.25, -0.2) is 0 Å². The van der Waals surface area contributed by atoms with Crippen LogP contribution in [0.15, 0.2) is 78.6 Å². The number of aliphatic hydroxyl groups excluding tert-OH is 1. The summed E-state index contributed by atoms with van der Waals surface area (Å²) in [4.78, 5) is 31.2. The van der Waals surface area contributed by atoms with Gasteiger partial charge in [-0.15, -0.1) is 0 Å². The number of amides is 1. The normalized spacial score (nSPS) is 17.2. The van der Waals surface area contributed by atoms with E-state index in [4.69, 9.17) is 9.47 Å². The molecular weight excluding hydrogens is 432 g/mol. The van der Waals surface area contributed by atoms with Crippen molar-refractivity contribution < 1.29 is 24.2 Å². The SMILES string of the molecule is COCCN1C(=O)C(=O)C(=C(O)c2ccc(OCc3cccc(C)c3)cc2)C1c1cccnc1. The van der Waals surface area contributed by atoms with E-state index in [1.807, 2.05) is 25.1 Å². The maximum absolute atomic E-state index is 12.9. The number of hydrogen-bond acceptors (Lipinski definition) is 6. The Morgan fingerprint density at radius 2 is 1.88 bits per heavy atom. The minimum Gasteiger partial charge on any atom is -0.507 e. The van der Waals surface area contributed by atoms with E-state index >= 15 is 0 Å². The highest BCUT2D eigenvalue weighted by atomic mass is 16.5. The first-order valence-corrected chi connectivity index (χ1v) is 11.0. The van der Waals surface area contributed by atoms with Crippen LogP contribution in [0.1, 0.15) is 28.3 Å². The first-order chi connectivity index (χ1) is 16.5. The Labute approximate surface area is 198 Å². The number of aromatic nitrogens is 1. The molecule has 1 aliphatic rings. The number of ether oxygens (including phenoxy) is 2. The zero-order valence-electron chi connectivity index (χ0n) is 19.1. The number of likely N-dealkylation sites (tertiary alicyclic amines) is 1. The summed E-state index contributed by atoms with van der Waals surface area (Å²) in [6.45, 7) is 2.91. The van der Waals surface area contributed by atoms with Gasteiger partial charge in [0, 0.05) is 31.6 Å². The van der Waals surface area contributed by atoms with Crippen LogP contribution in [0.4, 0.5) is 0 Å². The molecule has 174 valence electrons. The van der Waals surface area contributed by atoms with Gasteiger partial charge in [0.15, 0.2) is 0 Å². The summed E-state index contributed by atoms with van der Waals surface area (Å²) in [5.74, 6) is -1.02. The molecule has 0 bridgehead atoms. The van der Waals surface area contributed by atoms with Gasteiger partial charge in [-0.05, 0) is 48.4 Å². The van der Waals surface area contributed by atoms with Crippen LogP contribution in [0.3, 0.4) is 0 Å². The lowest BCUT2D eigenvalue weighted by molar-refractivity contribution is -0.140. The lowest BCUT2D eigenvalue weighted by Crippen LogP contribution is -2.32. The van der Waals surface area contributed by atoms with E-state index in [0.29, 0.717) is 23.5 Å². The first-order valence-electron chi connectivity index (χ1n) is 11.0. The van der Waals surface area contributed by atoms with Gasteiger partial charge >= 0.3 is 0 Å². The number of benzene rings is 2. The number of methoxy groups -OCH3 is 1. The summed E-state index contributed by atoms with van der Waals surface area (Å²) in [5, 5.41) is 11.1. The third kappa shape index (κ3) is 4.84. The second kappa shape index (κ2) is 10.3. The smallest absolute Gasteiger partial charge is 0.295 e. The molecule has 0 radical (unpaired) electrons. The Morgan fingerprint density at radius 1 is 1.09 bits per heavy atom. The molecule has 0 aliphatic carbocycles. The van der Waals surface area contributed by atoms with Crippen LogP contribution in [0, 0.1) is 6.92 Å². The summed E-state index contributed by atoms with van der Waals surface area (Å²) in [6, 6.07) is 17.6. The molecule has 7 nitrogen and oxygen atoms in total. The molecule has 7 heteroatoms. The Morgan fingerprint density at radius 3 is 2.56 bits per heavy atom. The summed E-state index contributed by atoms with van der Waals surface area (Å²) in [5.41, 5.74) is 3.30. The number of ketones is 1. The van der Waals surface area contributed by atoms with Gasteiger partial charge in [-0.1, -0.05) is 35.9 Å². The Bertz CT molecular complexity index is 1210. The topological polar surface area (TPSA) is 89.0 Å². The molecule has 1 amide bonds. The third-order valence-electron chi connectivity index (χ3n) is 5.69. The number of aryl methyl sites for hydroxylation is 1. The molecule has 1 N–H and O–H groups in total. The van der Waals surface area contributed by atoms with E-state index in [0.717, 1.165) is 11.1 Å². The number of rotatable bonds is 8. The highest BCUT2D eigenvalue weighted by Crippen LogP contribution is 2.39. The fraction of sp³-hybridized carbons (Fsp3) is 0.222. The van der Waals surface area contributed by atoms with E-state index in [1.165, 1.54) is 12.0 Å². The fourth-order valence-corrected chi connectivity index (χ4v) is 4.02. The van der Waals surface area contributed by atoms with E-state index in [2.05, 4.69) is 11.1 Å². The van der Waals surface area contributed by atoms with Crippen LogP contribution >= 0.6 is 0 Å². The second-order valence-electron chi connectivity index (χ2n) is 8.07. The molecular formula is C27H26N2O5. The number of pyridine rings is 1. The molecule has 0 spiro atoms. The van der Waals surface area contributed by atoms with Gasteiger partial charge < -0.3 is 19.5 Å².